The smallest absolute Gasteiger partial charge is 0.254 e. The van der Waals surface area contributed by atoms with Crippen LogP contribution < -0.4 is 5.32 Å². The Morgan fingerprint density at radius 2 is 1.95 bits per heavy atom. The first-order chi connectivity index (χ1) is 10.6. The van der Waals surface area contributed by atoms with Crippen molar-refractivity contribution in [2.24, 2.45) is 11.3 Å². The Morgan fingerprint density at radius 3 is 2.59 bits per heavy atom. The van der Waals surface area contributed by atoms with E-state index in [9.17, 15) is 9.59 Å². The van der Waals surface area contributed by atoms with Gasteiger partial charge in [-0.2, -0.15) is 11.8 Å². The molecule has 22 heavy (non-hydrogen) atoms. The molecule has 0 atom stereocenters. The van der Waals surface area contributed by atoms with E-state index >= 15 is 0 Å². The standard InChI is InChI=1S/C17H20N2O2S/c1-11-13(15(20)19-5-7-22-8-6-19)3-2-4-14(11)18-16(21)17-9-12(17)10-17/h2-4,12H,5-10H2,1H3,(H,18,21). The second kappa shape index (κ2) is 5.01. The highest BCUT2D eigenvalue weighted by Gasteiger charge is 2.74. The average molecular weight is 316 g/mol. The van der Waals surface area contributed by atoms with Gasteiger partial charge in [0, 0.05) is 35.8 Å². The largest absolute Gasteiger partial charge is 0.337 e. The van der Waals surface area contributed by atoms with E-state index in [0.717, 1.165) is 48.7 Å². The van der Waals surface area contributed by atoms with Crippen LogP contribution in [0.5, 0.6) is 0 Å². The molecular weight excluding hydrogens is 296 g/mol. The third-order valence-corrected chi connectivity index (χ3v) is 6.19. The van der Waals surface area contributed by atoms with Gasteiger partial charge in [0.1, 0.15) is 0 Å². The van der Waals surface area contributed by atoms with Crippen molar-refractivity contribution in [3.05, 3.63) is 29.3 Å². The second-order valence-corrected chi connectivity index (χ2v) is 7.82. The number of fused-ring (bicyclic) bond motifs is 1. The molecule has 1 aromatic rings. The van der Waals surface area contributed by atoms with E-state index in [0.29, 0.717) is 11.5 Å². The van der Waals surface area contributed by atoms with Crippen molar-refractivity contribution >= 4 is 29.3 Å². The monoisotopic (exact) mass is 316 g/mol. The van der Waals surface area contributed by atoms with Gasteiger partial charge in [-0.15, -0.1) is 0 Å². The first-order valence-electron chi connectivity index (χ1n) is 7.90. The number of hydrogen-bond donors (Lipinski definition) is 1. The van der Waals surface area contributed by atoms with E-state index in [1.165, 1.54) is 0 Å². The fourth-order valence-electron chi connectivity index (χ4n) is 3.26. The van der Waals surface area contributed by atoms with E-state index in [2.05, 4.69) is 5.32 Å². The SMILES string of the molecule is Cc1c(NC(=O)C23CC2C3)cccc1C(=O)N1CCSCC1. The highest BCUT2D eigenvalue weighted by molar-refractivity contribution is 7.99. The summed E-state index contributed by atoms with van der Waals surface area (Å²) in [5.41, 5.74) is 2.34. The summed E-state index contributed by atoms with van der Waals surface area (Å²) in [7, 11) is 0. The number of amides is 2. The Morgan fingerprint density at radius 1 is 1.27 bits per heavy atom. The number of nitrogens with zero attached hydrogens (tertiary/aromatic N) is 1. The van der Waals surface area contributed by atoms with Gasteiger partial charge >= 0.3 is 0 Å². The summed E-state index contributed by atoms with van der Waals surface area (Å²) in [5.74, 6) is 2.86. The van der Waals surface area contributed by atoms with Gasteiger partial charge in [-0.05, 0) is 43.4 Å². The Kier molecular flexibility index (Phi) is 3.22. The van der Waals surface area contributed by atoms with Crippen molar-refractivity contribution in [3.8, 4) is 0 Å². The van der Waals surface area contributed by atoms with Gasteiger partial charge in [0.15, 0.2) is 0 Å². The molecule has 1 aromatic carbocycles. The number of rotatable bonds is 3. The lowest BCUT2D eigenvalue weighted by Gasteiger charge is -2.27. The van der Waals surface area contributed by atoms with Crippen LogP contribution in [-0.2, 0) is 4.79 Å². The molecule has 2 amide bonds. The van der Waals surface area contributed by atoms with Crippen LogP contribution in [0.4, 0.5) is 5.69 Å². The normalized spacial score (nSPS) is 28.8. The average Bonchev–Trinajstić information content (AvgIpc) is 3.39. The number of nitrogens with one attached hydrogen (secondary N) is 1. The topological polar surface area (TPSA) is 49.4 Å². The lowest BCUT2D eigenvalue weighted by molar-refractivity contribution is -0.119. The van der Waals surface area contributed by atoms with Crippen molar-refractivity contribution in [2.45, 2.75) is 19.8 Å². The van der Waals surface area contributed by atoms with E-state index in [1.54, 1.807) is 0 Å². The van der Waals surface area contributed by atoms with Crippen LogP contribution in [0, 0.1) is 18.3 Å². The maximum Gasteiger partial charge on any atom is 0.254 e. The zero-order valence-corrected chi connectivity index (χ0v) is 13.5. The van der Waals surface area contributed by atoms with Crippen molar-refractivity contribution in [2.75, 3.05) is 29.9 Å². The maximum atomic E-state index is 12.7. The summed E-state index contributed by atoms with van der Waals surface area (Å²) in [6, 6.07) is 5.63. The molecule has 0 unspecified atom stereocenters. The molecule has 1 heterocycles. The summed E-state index contributed by atoms with van der Waals surface area (Å²) >= 11 is 1.89. The molecule has 0 aromatic heterocycles. The Bertz CT molecular complexity index is 646. The molecule has 3 aliphatic rings. The predicted molar refractivity (Wildman–Crippen MR) is 88.2 cm³/mol. The van der Waals surface area contributed by atoms with E-state index in [-0.39, 0.29) is 17.2 Å². The lowest BCUT2D eigenvalue weighted by Crippen LogP contribution is -2.38. The van der Waals surface area contributed by atoms with Crippen LogP contribution >= 0.6 is 11.8 Å². The van der Waals surface area contributed by atoms with Crippen LogP contribution in [-0.4, -0.2) is 41.3 Å². The summed E-state index contributed by atoms with van der Waals surface area (Å²) in [5, 5.41) is 3.04. The number of hydrogen-bond acceptors (Lipinski definition) is 3. The molecule has 0 bridgehead atoms. The van der Waals surface area contributed by atoms with Gasteiger partial charge in [-0.25, -0.2) is 0 Å². The van der Waals surface area contributed by atoms with E-state index in [4.69, 9.17) is 0 Å². The maximum absolute atomic E-state index is 12.7. The first kappa shape index (κ1) is 14.1. The molecule has 116 valence electrons. The summed E-state index contributed by atoms with van der Waals surface area (Å²) in [4.78, 5) is 26.9. The third kappa shape index (κ3) is 2.22. The molecule has 1 saturated heterocycles. The zero-order chi connectivity index (χ0) is 15.3. The fraction of sp³-hybridized carbons (Fsp3) is 0.529. The molecule has 4 rings (SSSR count). The van der Waals surface area contributed by atoms with Crippen LogP contribution in [0.25, 0.3) is 0 Å². The van der Waals surface area contributed by atoms with Gasteiger partial charge < -0.3 is 10.2 Å². The van der Waals surface area contributed by atoms with E-state index < -0.39 is 0 Å². The molecule has 0 spiro atoms. The Balaban J connectivity index is 1.53. The minimum atomic E-state index is -0.0451. The fourth-order valence-corrected chi connectivity index (χ4v) is 4.16. The molecule has 1 N–H and O–H groups in total. The zero-order valence-electron chi connectivity index (χ0n) is 12.7. The number of carbonyl (C=O) groups excluding carboxylic acids is 2. The third-order valence-electron chi connectivity index (χ3n) is 5.25. The first-order valence-corrected chi connectivity index (χ1v) is 9.05. The Labute approximate surface area is 134 Å². The van der Waals surface area contributed by atoms with Gasteiger partial charge in [0.05, 0.1) is 5.41 Å². The molecule has 2 aliphatic carbocycles. The number of carbonyl (C=O) groups is 2. The van der Waals surface area contributed by atoms with Crippen LogP contribution in [0.3, 0.4) is 0 Å². The second-order valence-electron chi connectivity index (χ2n) is 6.60. The van der Waals surface area contributed by atoms with E-state index in [1.807, 2.05) is 41.8 Å². The minimum Gasteiger partial charge on any atom is -0.337 e. The molecule has 0 radical (unpaired) electrons. The Hall–Kier alpha value is -1.49. The van der Waals surface area contributed by atoms with Crippen LogP contribution in [0.2, 0.25) is 0 Å². The van der Waals surface area contributed by atoms with Crippen molar-refractivity contribution in [1.29, 1.82) is 0 Å². The van der Waals surface area contributed by atoms with Gasteiger partial charge in [-0.1, -0.05) is 6.07 Å². The molecule has 1 aliphatic heterocycles. The van der Waals surface area contributed by atoms with Gasteiger partial charge in [0.25, 0.3) is 5.91 Å². The van der Waals surface area contributed by atoms with Crippen molar-refractivity contribution < 1.29 is 9.59 Å². The summed E-state index contributed by atoms with van der Waals surface area (Å²) in [6.45, 7) is 3.55. The molecule has 4 nitrogen and oxygen atoms in total. The molecular formula is C17H20N2O2S. The molecule has 5 heteroatoms. The van der Waals surface area contributed by atoms with Gasteiger partial charge in [-0.3, -0.25) is 9.59 Å². The lowest BCUT2D eigenvalue weighted by atomic mass is 10.0. The molecule has 3 fully saturated rings. The highest BCUT2D eigenvalue weighted by atomic mass is 32.2. The number of thioether (sulfide) groups is 1. The van der Waals surface area contributed by atoms with Crippen LogP contribution in [0.1, 0.15) is 28.8 Å². The predicted octanol–water partition coefficient (Wildman–Crippen LogP) is 2.53. The van der Waals surface area contributed by atoms with Crippen molar-refractivity contribution in [1.82, 2.24) is 4.90 Å². The van der Waals surface area contributed by atoms with Crippen LogP contribution in [0.15, 0.2) is 18.2 Å². The highest BCUT2D eigenvalue weighted by Crippen LogP contribution is 2.75. The summed E-state index contributed by atoms with van der Waals surface area (Å²) < 4.78 is 0. The number of benzene rings is 1. The molecule has 2 saturated carbocycles. The minimum absolute atomic E-state index is 0.0451. The van der Waals surface area contributed by atoms with Gasteiger partial charge in [0.2, 0.25) is 5.91 Å². The van der Waals surface area contributed by atoms with Crippen molar-refractivity contribution in [3.63, 3.8) is 0 Å². The quantitative estimate of drug-likeness (QED) is 0.932. The summed E-state index contributed by atoms with van der Waals surface area (Å²) in [6.07, 6.45) is 2.09. The number of anilines is 1.